The van der Waals surface area contributed by atoms with Gasteiger partial charge in [0.1, 0.15) is 0 Å². The molecule has 2 aromatic rings. The third-order valence-corrected chi connectivity index (χ3v) is 2.69. The van der Waals surface area contributed by atoms with Crippen LogP contribution in [0.4, 0.5) is 0 Å². The van der Waals surface area contributed by atoms with Crippen molar-refractivity contribution in [2.45, 2.75) is 12.8 Å². The van der Waals surface area contributed by atoms with Crippen LogP contribution >= 0.6 is 0 Å². The fourth-order valence-corrected chi connectivity index (χ4v) is 1.82. The van der Waals surface area contributed by atoms with Gasteiger partial charge in [0.15, 0.2) is 0 Å². The van der Waals surface area contributed by atoms with Crippen molar-refractivity contribution in [3.63, 3.8) is 0 Å². The number of rotatable bonds is 3. The van der Waals surface area contributed by atoms with Gasteiger partial charge in [-0.2, -0.15) is 0 Å². The van der Waals surface area contributed by atoms with Crippen LogP contribution in [0.3, 0.4) is 0 Å². The maximum absolute atomic E-state index is 10.8. The van der Waals surface area contributed by atoms with E-state index in [1.165, 1.54) is 0 Å². The molecule has 16 heavy (non-hydrogen) atoms. The molecular formula is C15H13O. The molecule has 0 saturated heterocycles. The Hall–Kier alpha value is -1.89. The second kappa shape index (κ2) is 4.75. The monoisotopic (exact) mass is 209 g/mol. The molecule has 1 heteroatoms. The Morgan fingerprint density at radius 3 is 2.25 bits per heavy atom. The molecule has 0 N–H and O–H groups in total. The molecule has 0 saturated carbocycles. The van der Waals surface area contributed by atoms with E-state index in [4.69, 9.17) is 0 Å². The first-order chi connectivity index (χ1) is 7.83. The number of benzene rings is 2. The second-order valence-corrected chi connectivity index (χ2v) is 3.79. The van der Waals surface area contributed by atoms with Crippen LogP contribution in [0.5, 0.6) is 0 Å². The van der Waals surface area contributed by atoms with Gasteiger partial charge in [0, 0.05) is 5.92 Å². The van der Waals surface area contributed by atoms with Crippen LogP contribution in [0.1, 0.15) is 18.4 Å². The van der Waals surface area contributed by atoms with Gasteiger partial charge in [-0.05, 0) is 16.7 Å². The van der Waals surface area contributed by atoms with Gasteiger partial charge in [-0.15, -0.1) is 0 Å². The first-order valence-corrected chi connectivity index (χ1v) is 5.35. The summed E-state index contributed by atoms with van der Waals surface area (Å²) in [5.41, 5.74) is 3.28. The highest BCUT2D eigenvalue weighted by molar-refractivity contribution is 5.74. The zero-order valence-corrected chi connectivity index (χ0v) is 9.18. The summed E-state index contributed by atoms with van der Waals surface area (Å²) in [5.74, 6) is -0.184. The molecule has 0 spiro atoms. The van der Waals surface area contributed by atoms with Crippen molar-refractivity contribution in [1.82, 2.24) is 0 Å². The Kier molecular flexibility index (Phi) is 3.16. The summed E-state index contributed by atoms with van der Waals surface area (Å²) in [6, 6.07) is 18.1. The van der Waals surface area contributed by atoms with Gasteiger partial charge in [-0.3, -0.25) is 4.79 Å². The van der Waals surface area contributed by atoms with E-state index in [1.807, 2.05) is 55.7 Å². The third kappa shape index (κ3) is 2.03. The Morgan fingerprint density at radius 1 is 0.938 bits per heavy atom. The minimum Gasteiger partial charge on any atom is -0.290 e. The van der Waals surface area contributed by atoms with Crippen molar-refractivity contribution >= 4 is 6.29 Å². The van der Waals surface area contributed by atoms with Crippen LogP contribution in [0, 0.1) is 0 Å². The molecule has 1 nitrogen and oxygen atoms in total. The molecule has 0 aliphatic rings. The number of carbonyl (C=O) groups excluding carboxylic acids is 1. The summed E-state index contributed by atoms with van der Waals surface area (Å²) in [4.78, 5) is 10.8. The molecule has 1 atom stereocenters. The zero-order chi connectivity index (χ0) is 11.4. The lowest BCUT2D eigenvalue weighted by atomic mass is 9.92. The summed E-state index contributed by atoms with van der Waals surface area (Å²) in [5, 5.41) is 0. The molecule has 79 valence electrons. The second-order valence-electron chi connectivity index (χ2n) is 3.79. The van der Waals surface area contributed by atoms with E-state index in [9.17, 15) is 4.79 Å². The first kappa shape index (κ1) is 10.6. The van der Waals surface area contributed by atoms with Gasteiger partial charge >= 0.3 is 0 Å². The van der Waals surface area contributed by atoms with Crippen LogP contribution in [0.25, 0.3) is 11.1 Å². The molecular weight excluding hydrogens is 196 g/mol. The first-order valence-electron chi connectivity index (χ1n) is 5.35. The fourth-order valence-electron chi connectivity index (χ4n) is 1.82. The quantitative estimate of drug-likeness (QED) is 0.755. The van der Waals surface area contributed by atoms with Gasteiger partial charge in [-0.25, -0.2) is 0 Å². The minimum absolute atomic E-state index is 0.184. The normalized spacial score (nSPS) is 12.1. The summed E-state index contributed by atoms with van der Waals surface area (Å²) in [6.07, 6.45) is 2.04. The highest BCUT2D eigenvalue weighted by Crippen LogP contribution is 2.27. The summed E-state index contributed by atoms with van der Waals surface area (Å²) in [6.45, 7) is 1.87. The number of hydrogen-bond acceptors (Lipinski definition) is 1. The van der Waals surface area contributed by atoms with Crippen LogP contribution in [0.2, 0.25) is 0 Å². The van der Waals surface area contributed by atoms with E-state index >= 15 is 0 Å². The van der Waals surface area contributed by atoms with Crippen LogP contribution < -0.4 is 0 Å². The van der Waals surface area contributed by atoms with E-state index in [2.05, 4.69) is 12.1 Å². The fraction of sp³-hybridized carbons (Fsp3) is 0.133. The maximum atomic E-state index is 10.8. The molecule has 0 amide bonds. The van der Waals surface area contributed by atoms with Crippen molar-refractivity contribution < 1.29 is 4.79 Å². The lowest BCUT2D eigenvalue weighted by Gasteiger charge is -2.11. The minimum atomic E-state index is -0.184. The van der Waals surface area contributed by atoms with Gasteiger partial charge in [-0.1, -0.05) is 61.5 Å². The molecule has 0 bridgehead atoms. The van der Waals surface area contributed by atoms with Gasteiger partial charge in [0.25, 0.3) is 0 Å². The van der Waals surface area contributed by atoms with E-state index < -0.39 is 0 Å². The molecule has 1 unspecified atom stereocenters. The van der Waals surface area contributed by atoms with Gasteiger partial charge in [0.05, 0.1) is 0 Å². The predicted molar refractivity (Wildman–Crippen MR) is 66.0 cm³/mol. The van der Waals surface area contributed by atoms with Crippen LogP contribution in [0.15, 0.2) is 54.6 Å². The summed E-state index contributed by atoms with van der Waals surface area (Å²) < 4.78 is 0. The highest BCUT2D eigenvalue weighted by Gasteiger charge is 2.10. The Bertz CT molecular complexity index is 474. The Labute approximate surface area is 95.7 Å². The van der Waals surface area contributed by atoms with E-state index in [-0.39, 0.29) is 5.92 Å². The third-order valence-electron chi connectivity index (χ3n) is 2.69. The summed E-state index contributed by atoms with van der Waals surface area (Å²) >= 11 is 0. The molecule has 2 rings (SSSR count). The van der Waals surface area contributed by atoms with Crippen molar-refractivity contribution in [1.29, 1.82) is 0 Å². The molecule has 0 heterocycles. The van der Waals surface area contributed by atoms with Crippen molar-refractivity contribution in [2.24, 2.45) is 0 Å². The van der Waals surface area contributed by atoms with E-state index in [0.717, 1.165) is 16.7 Å². The van der Waals surface area contributed by atoms with E-state index in [1.54, 1.807) is 0 Å². The van der Waals surface area contributed by atoms with E-state index in [0.29, 0.717) is 0 Å². The smallest absolute Gasteiger partial charge is 0.206 e. The predicted octanol–water partition coefficient (Wildman–Crippen LogP) is 3.57. The SMILES string of the molecule is CC([C]=O)c1ccccc1-c1ccccc1. The lowest BCUT2D eigenvalue weighted by molar-refractivity contribution is 0.546. The average Bonchev–Trinajstić information content (AvgIpc) is 2.39. The summed E-state index contributed by atoms with van der Waals surface area (Å²) in [7, 11) is 0. The van der Waals surface area contributed by atoms with Crippen molar-refractivity contribution in [2.75, 3.05) is 0 Å². The molecule has 0 aromatic heterocycles. The van der Waals surface area contributed by atoms with Gasteiger partial charge < -0.3 is 0 Å². The van der Waals surface area contributed by atoms with Crippen molar-refractivity contribution in [3.8, 4) is 11.1 Å². The topological polar surface area (TPSA) is 17.1 Å². The molecule has 0 aliphatic heterocycles. The molecule has 0 fully saturated rings. The molecule has 0 aliphatic carbocycles. The maximum Gasteiger partial charge on any atom is 0.206 e. The number of hydrogen-bond donors (Lipinski definition) is 0. The molecule has 1 radical (unpaired) electrons. The Balaban J connectivity index is 2.53. The highest BCUT2D eigenvalue weighted by atomic mass is 16.1. The molecule has 2 aromatic carbocycles. The van der Waals surface area contributed by atoms with Crippen LogP contribution in [-0.2, 0) is 4.79 Å². The average molecular weight is 209 g/mol. The standard InChI is InChI=1S/C15H13O/c1-12(11-16)14-9-5-6-10-15(14)13-7-3-2-4-8-13/h2-10,12H,1H3. The zero-order valence-electron chi connectivity index (χ0n) is 9.18. The van der Waals surface area contributed by atoms with Crippen LogP contribution in [-0.4, -0.2) is 6.29 Å². The largest absolute Gasteiger partial charge is 0.290 e. The Morgan fingerprint density at radius 2 is 1.56 bits per heavy atom. The lowest BCUT2D eigenvalue weighted by Crippen LogP contribution is -1.97. The van der Waals surface area contributed by atoms with Gasteiger partial charge in [0.2, 0.25) is 6.29 Å². The van der Waals surface area contributed by atoms with Crippen molar-refractivity contribution in [3.05, 3.63) is 60.2 Å².